The van der Waals surface area contributed by atoms with Crippen LogP contribution in [-0.2, 0) is 6.42 Å². The normalized spacial score (nSPS) is 11.0. The van der Waals surface area contributed by atoms with Crippen molar-refractivity contribution in [1.82, 2.24) is 14.6 Å². The molecule has 22 heavy (non-hydrogen) atoms. The van der Waals surface area contributed by atoms with Crippen LogP contribution in [0.2, 0.25) is 0 Å². The first-order valence-electron chi connectivity index (χ1n) is 6.82. The minimum absolute atomic E-state index is 0.135. The number of aromatic amines is 1. The van der Waals surface area contributed by atoms with E-state index < -0.39 is 0 Å². The molecule has 0 saturated carbocycles. The standard InChI is InChI=1S/C15H14BrN3O3/c16-12-9-17-19-13(12)18-14(20)11(15(19)21)7-4-8-22-10-5-2-1-3-6-10/h1-3,5-6,9,21H,4,7-8H2,(H,18,20). The lowest BCUT2D eigenvalue weighted by Gasteiger charge is -2.07. The largest absolute Gasteiger partial charge is 0.494 e. The van der Waals surface area contributed by atoms with Gasteiger partial charge in [-0.25, -0.2) is 0 Å². The maximum atomic E-state index is 12.1. The van der Waals surface area contributed by atoms with Gasteiger partial charge in [-0.2, -0.15) is 9.61 Å². The average Bonchev–Trinajstić information content (AvgIpc) is 2.89. The van der Waals surface area contributed by atoms with Gasteiger partial charge >= 0.3 is 0 Å². The minimum atomic E-state index is -0.314. The molecular weight excluding hydrogens is 350 g/mol. The number of hydrogen-bond donors (Lipinski definition) is 2. The molecule has 2 heterocycles. The molecule has 0 bridgehead atoms. The molecule has 0 saturated heterocycles. The Morgan fingerprint density at radius 3 is 2.86 bits per heavy atom. The predicted molar refractivity (Wildman–Crippen MR) is 85.4 cm³/mol. The molecule has 0 aliphatic carbocycles. The predicted octanol–water partition coefficient (Wildman–Crippen LogP) is 2.50. The van der Waals surface area contributed by atoms with Gasteiger partial charge in [0.2, 0.25) is 5.88 Å². The van der Waals surface area contributed by atoms with Crippen LogP contribution >= 0.6 is 15.9 Å². The second kappa shape index (κ2) is 6.23. The molecule has 114 valence electrons. The molecule has 0 unspecified atom stereocenters. The number of para-hydroxylation sites is 1. The number of halogens is 1. The summed E-state index contributed by atoms with van der Waals surface area (Å²) in [5.74, 6) is 0.649. The zero-order valence-electron chi connectivity index (χ0n) is 11.6. The molecule has 0 fully saturated rings. The topological polar surface area (TPSA) is 79.6 Å². The van der Waals surface area contributed by atoms with Crippen LogP contribution in [0.25, 0.3) is 5.65 Å². The van der Waals surface area contributed by atoms with Gasteiger partial charge in [-0.3, -0.25) is 4.79 Å². The summed E-state index contributed by atoms with van der Waals surface area (Å²) < 4.78 is 7.50. The quantitative estimate of drug-likeness (QED) is 0.682. The third-order valence-electron chi connectivity index (χ3n) is 3.28. The van der Waals surface area contributed by atoms with Gasteiger partial charge < -0.3 is 14.8 Å². The van der Waals surface area contributed by atoms with Crippen LogP contribution in [0.4, 0.5) is 0 Å². The number of fused-ring (bicyclic) bond motifs is 1. The molecule has 0 aliphatic heterocycles. The first-order valence-corrected chi connectivity index (χ1v) is 7.61. The number of nitrogens with one attached hydrogen (secondary N) is 1. The first-order chi connectivity index (χ1) is 10.7. The van der Waals surface area contributed by atoms with Crippen LogP contribution in [-0.4, -0.2) is 26.3 Å². The van der Waals surface area contributed by atoms with Crippen molar-refractivity contribution in [1.29, 1.82) is 0 Å². The average molecular weight is 364 g/mol. The van der Waals surface area contributed by atoms with Crippen molar-refractivity contribution in [2.45, 2.75) is 12.8 Å². The van der Waals surface area contributed by atoms with Crippen LogP contribution in [0.5, 0.6) is 11.6 Å². The Hall–Kier alpha value is -2.28. The van der Waals surface area contributed by atoms with Crippen molar-refractivity contribution in [2.24, 2.45) is 0 Å². The van der Waals surface area contributed by atoms with E-state index in [1.165, 1.54) is 10.7 Å². The summed E-state index contributed by atoms with van der Waals surface area (Å²) in [7, 11) is 0. The summed E-state index contributed by atoms with van der Waals surface area (Å²) in [6.45, 7) is 0.462. The summed E-state index contributed by atoms with van der Waals surface area (Å²) in [6.07, 6.45) is 2.54. The second-order valence-corrected chi connectivity index (χ2v) is 5.63. The first kappa shape index (κ1) is 14.6. The van der Waals surface area contributed by atoms with Crippen LogP contribution in [0.15, 0.2) is 45.8 Å². The van der Waals surface area contributed by atoms with E-state index in [0.717, 1.165) is 5.75 Å². The van der Waals surface area contributed by atoms with Crippen molar-refractivity contribution in [3.8, 4) is 11.6 Å². The number of aromatic hydroxyl groups is 1. The van der Waals surface area contributed by atoms with Gasteiger partial charge in [0.25, 0.3) is 5.56 Å². The Bertz CT molecular complexity index is 842. The molecule has 0 aliphatic rings. The van der Waals surface area contributed by atoms with Crippen LogP contribution in [0.1, 0.15) is 12.0 Å². The van der Waals surface area contributed by atoms with Gasteiger partial charge in [0.1, 0.15) is 5.75 Å². The van der Waals surface area contributed by atoms with E-state index >= 15 is 0 Å². The zero-order chi connectivity index (χ0) is 15.5. The number of benzene rings is 1. The smallest absolute Gasteiger partial charge is 0.258 e. The number of H-pyrrole nitrogens is 1. The monoisotopic (exact) mass is 363 g/mol. The fourth-order valence-corrected chi connectivity index (χ4v) is 2.55. The van der Waals surface area contributed by atoms with Crippen molar-refractivity contribution in [2.75, 3.05) is 6.61 Å². The fourth-order valence-electron chi connectivity index (χ4n) is 2.20. The highest BCUT2D eigenvalue weighted by Gasteiger charge is 2.14. The van der Waals surface area contributed by atoms with Crippen LogP contribution in [0, 0.1) is 0 Å². The van der Waals surface area contributed by atoms with E-state index in [-0.39, 0.29) is 11.4 Å². The van der Waals surface area contributed by atoms with E-state index in [1.54, 1.807) is 0 Å². The summed E-state index contributed by atoms with van der Waals surface area (Å²) in [4.78, 5) is 14.8. The van der Waals surface area contributed by atoms with E-state index in [0.29, 0.717) is 35.1 Å². The molecule has 3 rings (SSSR count). The Kier molecular flexibility index (Phi) is 4.15. The van der Waals surface area contributed by atoms with Crippen molar-refractivity contribution in [3.63, 3.8) is 0 Å². The van der Waals surface area contributed by atoms with Crippen molar-refractivity contribution in [3.05, 3.63) is 56.9 Å². The molecule has 0 amide bonds. The highest BCUT2D eigenvalue weighted by atomic mass is 79.9. The molecule has 2 N–H and O–H groups in total. The number of aromatic nitrogens is 3. The van der Waals surface area contributed by atoms with Gasteiger partial charge in [-0.05, 0) is 40.9 Å². The maximum Gasteiger partial charge on any atom is 0.258 e. The van der Waals surface area contributed by atoms with E-state index in [9.17, 15) is 9.90 Å². The molecule has 2 aromatic heterocycles. The van der Waals surface area contributed by atoms with Crippen molar-refractivity contribution < 1.29 is 9.84 Å². The number of ether oxygens (including phenoxy) is 1. The molecule has 0 atom stereocenters. The van der Waals surface area contributed by atoms with Crippen molar-refractivity contribution >= 4 is 21.6 Å². The number of rotatable bonds is 5. The highest BCUT2D eigenvalue weighted by Crippen LogP contribution is 2.21. The SMILES string of the molecule is O=c1[nH]c2c(Br)cnn2c(O)c1CCCOc1ccccc1. The molecule has 3 aromatic rings. The van der Waals surface area contributed by atoms with Gasteiger partial charge in [0, 0.05) is 0 Å². The summed E-state index contributed by atoms with van der Waals surface area (Å²) in [5.41, 5.74) is 0.428. The molecule has 1 aromatic carbocycles. The summed E-state index contributed by atoms with van der Waals surface area (Å²) >= 11 is 3.26. The number of nitrogens with zero attached hydrogens (tertiary/aromatic N) is 2. The van der Waals surface area contributed by atoms with Gasteiger partial charge in [0.15, 0.2) is 5.65 Å². The Labute approximate surface area is 134 Å². The lowest BCUT2D eigenvalue weighted by molar-refractivity contribution is 0.309. The Balaban J connectivity index is 1.70. The lowest BCUT2D eigenvalue weighted by Crippen LogP contribution is -2.16. The maximum absolute atomic E-state index is 12.1. The Morgan fingerprint density at radius 1 is 1.32 bits per heavy atom. The van der Waals surface area contributed by atoms with E-state index in [1.807, 2.05) is 30.3 Å². The molecule has 0 radical (unpaired) electrons. The molecule has 0 spiro atoms. The lowest BCUT2D eigenvalue weighted by atomic mass is 10.2. The second-order valence-electron chi connectivity index (χ2n) is 4.77. The highest BCUT2D eigenvalue weighted by molar-refractivity contribution is 9.10. The fraction of sp³-hybridized carbons (Fsp3) is 0.200. The third-order valence-corrected chi connectivity index (χ3v) is 3.86. The van der Waals surface area contributed by atoms with Gasteiger partial charge in [-0.1, -0.05) is 18.2 Å². The zero-order valence-corrected chi connectivity index (χ0v) is 13.2. The number of hydrogen-bond acceptors (Lipinski definition) is 4. The Morgan fingerprint density at radius 2 is 2.09 bits per heavy atom. The van der Waals surface area contributed by atoms with Gasteiger partial charge in [0.05, 0.1) is 22.8 Å². The molecular formula is C15H14BrN3O3. The van der Waals surface area contributed by atoms with Crippen LogP contribution in [0.3, 0.4) is 0 Å². The van der Waals surface area contributed by atoms with Gasteiger partial charge in [-0.15, -0.1) is 0 Å². The van der Waals surface area contributed by atoms with E-state index in [4.69, 9.17) is 4.74 Å². The van der Waals surface area contributed by atoms with Crippen LogP contribution < -0.4 is 10.3 Å². The molecule has 6 nitrogen and oxygen atoms in total. The third kappa shape index (κ3) is 2.85. The van der Waals surface area contributed by atoms with E-state index in [2.05, 4.69) is 26.0 Å². The minimum Gasteiger partial charge on any atom is -0.494 e. The molecule has 7 heteroatoms. The summed E-state index contributed by atoms with van der Waals surface area (Å²) in [6, 6.07) is 9.46. The summed E-state index contributed by atoms with van der Waals surface area (Å²) in [5, 5.41) is 14.2.